The van der Waals surface area contributed by atoms with Gasteiger partial charge in [-0.15, -0.1) is 0 Å². The molecule has 0 aliphatic heterocycles. The fraction of sp³-hybridized carbons (Fsp3) is 0.292. The van der Waals surface area contributed by atoms with E-state index in [1.54, 1.807) is 38.2 Å². The lowest BCUT2D eigenvalue weighted by Gasteiger charge is -2.21. The predicted octanol–water partition coefficient (Wildman–Crippen LogP) is 5.00. The molecule has 1 aromatic heterocycles. The Kier molecular flexibility index (Phi) is 6.35. The maximum absolute atomic E-state index is 13.1. The highest BCUT2D eigenvalue weighted by Gasteiger charge is 2.31. The van der Waals surface area contributed by atoms with Crippen molar-refractivity contribution in [2.24, 2.45) is 0 Å². The quantitative estimate of drug-likeness (QED) is 0.598. The molecule has 174 valence electrons. The molecule has 0 bridgehead atoms. The molecular weight excluding hydrogens is 433 g/mol. The lowest BCUT2D eigenvalue weighted by Crippen LogP contribution is -2.40. The number of carbonyl (C=O) groups is 2. The molecule has 0 aliphatic carbocycles. The molecule has 0 aliphatic rings. The Morgan fingerprint density at radius 1 is 1.03 bits per heavy atom. The number of amides is 2. The molecular formula is C24H25F3N4O2. The average Bonchev–Trinajstić information content (AvgIpc) is 3.12. The van der Waals surface area contributed by atoms with Crippen LogP contribution in [-0.2, 0) is 6.18 Å². The monoisotopic (exact) mass is 458 g/mol. The number of anilines is 1. The zero-order valence-corrected chi connectivity index (χ0v) is 19.0. The molecule has 0 radical (unpaired) electrons. The van der Waals surface area contributed by atoms with Crippen molar-refractivity contribution in [1.29, 1.82) is 0 Å². The van der Waals surface area contributed by atoms with E-state index in [4.69, 9.17) is 0 Å². The second kappa shape index (κ2) is 8.73. The molecule has 3 aromatic rings. The summed E-state index contributed by atoms with van der Waals surface area (Å²) in [5.74, 6) is -0.598. The average molecular weight is 458 g/mol. The Balaban J connectivity index is 1.82. The van der Waals surface area contributed by atoms with Crippen molar-refractivity contribution in [1.82, 2.24) is 15.1 Å². The van der Waals surface area contributed by atoms with Crippen LogP contribution in [0.15, 0.2) is 54.7 Å². The zero-order chi connectivity index (χ0) is 24.6. The second-order valence-corrected chi connectivity index (χ2v) is 8.72. The van der Waals surface area contributed by atoms with Crippen molar-refractivity contribution in [3.8, 4) is 5.69 Å². The standard InChI is InChI=1S/C24H25F3N4O2/c1-15-20(14-28-31(15)19-8-6-7-17(13-19)24(25,26)27)22(33)30(5)18-11-9-16(10-12-18)21(32)29-23(2,3)4/h6-14H,1-5H3,(H,29,32). The summed E-state index contributed by atoms with van der Waals surface area (Å²) in [6.07, 6.45) is -3.15. The summed E-state index contributed by atoms with van der Waals surface area (Å²) in [5, 5.41) is 7.00. The normalized spacial score (nSPS) is 11.9. The van der Waals surface area contributed by atoms with E-state index in [-0.39, 0.29) is 28.6 Å². The van der Waals surface area contributed by atoms with Gasteiger partial charge < -0.3 is 10.2 Å². The van der Waals surface area contributed by atoms with Crippen LogP contribution in [0.3, 0.4) is 0 Å². The highest BCUT2D eigenvalue weighted by atomic mass is 19.4. The SMILES string of the molecule is Cc1c(C(=O)N(C)c2ccc(C(=O)NC(C)(C)C)cc2)cnn1-c1cccc(C(F)(F)F)c1. The maximum Gasteiger partial charge on any atom is 0.416 e. The largest absolute Gasteiger partial charge is 0.416 e. The van der Waals surface area contributed by atoms with Gasteiger partial charge >= 0.3 is 6.18 Å². The Labute approximate surface area is 190 Å². The van der Waals surface area contributed by atoms with Crippen molar-refractivity contribution in [3.05, 3.63) is 77.1 Å². The minimum atomic E-state index is -4.48. The maximum atomic E-state index is 13.1. The minimum absolute atomic E-state index is 0.207. The summed E-state index contributed by atoms with van der Waals surface area (Å²) in [5.41, 5.74) is 0.715. The van der Waals surface area contributed by atoms with E-state index in [1.165, 1.54) is 27.9 Å². The highest BCUT2D eigenvalue weighted by molar-refractivity contribution is 6.06. The summed E-state index contributed by atoms with van der Waals surface area (Å²) in [6.45, 7) is 7.27. The number of nitrogens with zero attached hydrogens (tertiary/aromatic N) is 3. The third-order valence-electron chi connectivity index (χ3n) is 4.97. The molecule has 1 N–H and O–H groups in total. The summed E-state index contributed by atoms with van der Waals surface area (Å²) >= 11 is 0. The molecule has 33 heavy (non-hydrogen) atoms. The van der Waals surface area contributed by atoms with Crippen LogP contribution in [0.2, 0.25) is 0 Å². The molecule has 9 heteroatoms. The summed E-state index contributed by atoms with van der Waals surface area (Å²) < 4.78 is 40.5. The van der Waals surface area contributed by atoms with E-state index in [9.17, 15) is 22.8 Å². The molecule has 2 aromatic carbocycles. The van der Waals surface area contributed by atoms with Gasteiger partial charge in [0, 0.05) is 23.8 Å². The zero-order valence-electron chi connectivity index (χ0n) is 19.0. The second-order valence-electron chi connectivity index (χ2n) is 8.72. The third-order valence-corrected chi connectivity index (χ3v) is 4.97. The van der Waals surface area contributed by atoms with Gasteiger partial charge in [0.1, 0.15) is 0 Å². The minimum Gasteiger partial charge on any atom is -0.347 e. The van der Waals surface area contributed by atoms with Crippen LogP contribution >= 0.6 is 0 Å². The first-order chi connectivity index (χ1) is 15.3. The molecule has 0 fully saturated rings. The Morgan fingerprint density at radius 2 is 1.67 bits per heavy atom. The van der Waals surface area contributed by atoms with Gasteiger partial charge in [-0.05, 0) is 70.2 Å². The van der Waals surface area contributed by atoms with Crippen LogP contribution in [0.4, 0.5) is 18.9 Å². The van der Waals surface area contributed by atoms with Gasteiger partial charge in [-0.2, -0.15) is 18.3 Å². The molecule has 3 rings (SSSR count). The summed E-state index contributed by atoms with van der Waals surface area (Å²) in [6, 6.07) is 11.3. The Morgan fingerprint density at radius 3 is 2.24 bits per heavy atom. The smallest absolute Gasteiger partial charge is 0.347 e. The van der Waals surface area contributed by atoms with Crippen molar-refractivity contribution in [2.45, 2.75) is 39.4 Å². The van der Waals surface area contributed by atoms with Crippen LogP contribution in [0.1, 0.15) is 52.7 Å². The molecule has 2 amide bonds. The van der Waals surface area contributed by atoms with Gasteiger partial charge in [-0.3, -0.25) is 9.59 Å². The number of alkyl halides is 3. The van der Waals surface area contributed by atoms with Crippen molar-refractivity contribution < 1.29 is 22.8 Å². The van der Waals surface area contributed by atoms with Crippen LogP contribution in [0, 0.1) is 6.92 Å². The predicted molar refractivity (Wildman–Crippen MR) is 120 cm³/mol. The van der Waals surface area contributed by atoms with Crippen LogP contribution in [-0.4, -0.2) is 34.2 Å². The van der Waals surface area contributed by atoms with Crippen molar-refractivity contribution >= 4 is 17.5 Å². The lowest BCUT2D eigenvalue weighted by molar-refractivity contribution is -0.137. The molecule has 1 heterocycles. The van der Waals surface area contributed by atoms with E-state index >= 15 is 0 Å². The van der Waals surface area contributed by atoms with E-state index in [2.05, 4.69) is 10.4 Å². The molecule has 0 spiro atoms. The first-order valence-electron chi connectivity index (χ1n) is 10.2. The Bertz CT molecular complexity index is 1180. The fourth-order valence-corrected chi connectivity index (χ4v) is 3.24. The van der Waals surface area contributed by atoms with E-state index in [0.717, 1.165) is 12.1 Å². The van der Waals surface area contributed by atoms with Crippen LogP contribution in [0.5, 0.6) is 0 Å². The number of hydrogen-bond acceptors (Lipinski definition) is 3. The number of benzene rings is 2. The van der Waals surface area contributed by atoms with Gasteiger partial charge in [0.25, 0.3) is 11.8 Å². The van der Waals surface area contributed by atoms with Gasteiger partial charge in [-0.1, -0.05) is 6.07 Å². The lowest BCUT2D eigenvalue weighted by atomic mass is 10.1. The van der Waals surface area contributed by atoms with Gasteiger partial charge in [0.2, 0.25) is 0 Å². The molecule has 0 unspecified atom stereocenters. The summed E-state index contributed by atoms with van der Waals surface area (Å²) in [7, 11) is 1.58. The first-order valence-corrected chi connectivity index (χ1v) is 10.2. The first kappa shape index (κ1) is 24.0. The third kappa shape index (κ3) is 5.42. The number of rotatable bonds is 4. The van der Waals surface area contributed by atoms with Crippen molar-refractivity contribution in [2.75, 3.05) is 11.9 Å². The van der Waals surface area contributed by atoms with Crippen LogP contribution < -0.4 is 10.2 Å². The fourth-order valence-electron chi connectivity index (χ4n) is 3.24. The molecule has 0 saturated carbocycles. The summed E-state index contributed by atoms with van der Waals surface area (Å²) in [4.78, 5) is 26.7. The number of nitrogens with one attached hydrogen (secondary N) is 1. The molecule has 6 nitrogen and oxygen atoms in total. The molecule has 0 saturated heterocycles. The van der Waals surface area contributed by atoms with Gasteiger partial charge in [0.05, 0.1) is 28.7 Å². The van der Waals surface area contributed by atoms with Gasteiger partial charge in [-0.25, -0.2) is 4.68 Å². The highest BCUT2D eigenvalue weighted by Crippen LogP contribution is 2.30. The van der Waals surface area contributed by atoms with Crippen LogP contribution in [0.25, 0.3) is 5.69 Å². The Hall–Kier alpha value is -3.62. The van der Waals surface area contributed by atoms with E-state index in [0.29, 0.717) is 16.9 Å². The number of halogens is 3. The van der Waals surface area contributed by atoms with Crippen molar-refractivity contribution in [3.63, 3.8) is 0 Å². The topological polar surface area (TPSA) is 67.2 Å². The number of carbonyl (C=O) groups excluding carboxylic acids is 2. The number of hydrogen-bond donors (Lipinski definition) is 1. The van der Waals surface area contributed by atoms with E-state index < -0.39 is 11.7 Å². The van der Waals surface area contributed by atoms with E-state index in [1.807, 2.05) is 20.8 Å². The molecule has 0 atom stereocenters. The number of aromatic nitrogens is 2. The van der Waals surface area contributed by atoms with Gasteiger partial charge in [0.15, 0.2) is 0 Å².